The number of hydrogen-bond acceptors (Lipinski definition) is 5. The zero-order valence-electron chi connectivity index (χ0n) is 10.1. The number of carbonyl (C=O) groups is 2. The van der Waals surface area contributed by atoms with E-state index < -0.39 is 29.6 Å². The summed E-state index contributed by atoms with van der Waals surface area (Å²) in [5.74, 6) is -1.37. The average Bonchev–Trinajstić information content (AvgIpc) is 2.70. The number of aliphatic hydroxyl groups excluding tert-OH is 1. The highest BCUT2D eigenvalue weighted by Gasteiger charge is 2.70. The first-order chi connectivity index (χ1) is 7.91. The van der Waals surface area contributed by atoms with Crippen LogP contribution >= 0.6 is 0 Å². The van der Waals surface area contributed by atoms with Crippen molar-refractivity contribution in [2.24, 2.45) is 5.92 Å². The second-order valence-electron chi connectivity index (χ2n) is 4.87. The highest BCUT2D eigenvalue weighted by molar-refractivity contribution is 5.96. The molecule has 0 bridgehead atoms. The maximum Gasteiger partial charge on any atom is 0.337 e. The Morgan fingerprint density at radius 3 is 2.88 bits per heavy atom. The molecule has 0 saturated carbocycles. The first kappa shape index (κ1) is 12.3. The summed E-state index contributed by atoms with van der Waals surface area (Å²) in [5.41, 5.74) is -2.54. The molecule has 2 heterocycles. The molecule has 1 unspecified atom stereocenters. The lowest BCUT2D eigenvalue weighted by Gasteiger charge is -2.38. The number of hydrogen-bond donors (Lipinski definition) is 2. The van der Waals surface area contributed by atoms with Crippen LogP contribution in [-0.4, -0.2) is 47.9 Å². The maximum atomic E-state index is 11.9. The van der Waals surface area contributed by atoms with Crippen LogP contribution in [0.4, 0.5) is 0 Å². The van der Waals surface area contributed by atoms with E-state index in [2.05, 4.69) is 5.32 Å². The summed E-state index contributed by atoms with van der Waals surface area (Å²) in [6.45, 7) is 2.98. The predicted octanol–water partition coefficient (Wildman–Crippen LogP) is -0.796. The van der Waals surface area contributed by atoms with Gasteiger partial charge in [0.2, 0.25) is 5.91 Å². The molecule has 1 amide bonds. The molecule has 0 radical (unpaired) electrons. The second kappa shape index (κ2) is 3.68. The molecule has 2 fully saturated rings. The van der Waals surface area contributed by atoms with Gasteiger partial charge in [-0.1, -0.05) is 0 Å². The number of carbonyl (C=O) groups excluding carboxylic acids is 2. The smallest absolute Gasteiger partial charge is 0.337 e. The van der Waals surface area contributed by atoms with Crippen molar-refractivity contribution in [2.75, 3.05) is 13.7 Å². The van der Waals surface area contributed by atoms with Crippen LogP contribution in [0, 0.1) is 5.92 Å². The van der Waals surface area contributed by atoms with Crippen LogP contribution in [-0.2, 0) is 19.1 Å². The fourth-order valence-corrected chi connectivity index (χ4v) is 2.97. The van der Waals surface area contributed by atoms with Crippen LogP contribution in [0.1, 0.15) is 20.3 Å². The van der Waals surface area contributed by atoms with Gasteiger partial charge in [0.05, 0.1) is 25.7 Å². The quantitative estimate of drug-likeness (QED) is 0.620. The largest absolute Gasteiger partial charge is 0.467 e. The molecule has 2 rings (SSSR count). The van der Waals surface area contributed by atoms with Crippen LogP contribution in [0.5, 0.6) is 0 Å². The van der Waals surface area contributed by atoms with Crippen molar-refractivity contribution in [3.63, 3.8) is 0 Å². The van der Waals surface area contributed by atoms with Crippen LogP contribution in [0.25, 0.3) is 0 Å². The third-order valence-corrected chi connectivity index (χ3v) is 3.95. The van der Waals surface area contributed by atoms with E-state index in [1.54, 1.807) is 6.92 Å². The summed E-state index contributed by atoms with van der Waals surface area (Å²) in [6.07, 6.45) is 0.424. The van der Waals surface area contributed by atoms with E-state index in [0.29, 0.717) is 6.42 Å². The molecule has 0 aliphatic carbocycles. The van der Waals surface area contributed by atoms with Crippen LogP contribution in [0.2, 0.25) is 0 Å². The number of nitrogens with one attached hydrogen (secondary N) is 1. The molecule has 2 N–H and O–H groups in total. The van der Waals surface area contributed by atoms with Gasteiger partial charge in [-0.25, -0.2) is 4.79 Å². The van der Waals surface area contributed by atoms with E-state index in [-0.39, 0.29) is 12.0 Å². The van der Waals surface area contributed by atoms with E-state index in [0.717, 1.165) is 0 Å². The van der Waals surface area contributed by atoms with E-state index in [4.69, 9.17) is 9.47 Å². The van der Waals surface area contributed by atoms with E-state index in [1.807, 2.05) is 6.92 Å². The number of amides is 1. The number of rotatable bonds is 2. The molecule has 2 aliphatic rings. The summed E-state index contributed by atoms with van der Waals surface area (Å²) in [4.78, 5) is 23.8. The Morgan fingerprint density at radius 2 is 2.35 bits per heavy atom. The van der Waals surface area contributed by atoms with Gasteiger partial charge >= 0.3 is 5.97 Å². The fraction of sp³-hybridized carbons (Fsp3) is 0.818. The molecule has 0 aromatic rings. The molecule has 6 nitrogen and oxygen atoms in total. The van der Waals surface area contributed by atoms with Crippen molar-refractivity contribution in [2.45, 2.75) is 37.5 Å². The number of fused-ring (bicyclic) bond motifs is 1. The van der Waals surface area contributed by atoms with Gasteiger partial charge < -0.3 is 19.9 Å². The van der Waals surface area contributed by atoms with Crippen LogP contribution < -0.4 is 5.32 Å². The van der Waals surface area contributed by atoms with E-state index in [9.17, 15) is 14.7 Å². The summed E-state index contributed by atoms with van der Waals surface area (Å²) in [7, 11) is 1.22. The average molecular weight is 243 g/mol. The zero-order chi connectivity index (χ0) is 12.8. The number of ether oxygens (including phenoxy) is 2. The van der Waals surface area contributed by atoms with Gasteiger partial charge in [0.1, 0.15) is 5.60 Å². The van der Waals surface area contributed by atoms with Gasteiger partial charge in [-0.2, -0.15) is 0 Å². The van der Waals surface area contributed by atoms with Crippen molar-refractivity contribution < 1.29 is 24.2 Å². The number of esters is 1. The highest BCUT2D eigenvalue weighted by atomic mass is 16.5. The van der Waals surface area contributed by atoms with Gasteiger partial charge in [0, 0.05) is 0 Å². The van der Waals surface area contributed by atoms with Crippen LogP contribution in [0.15, 0.2) is 0 Å². The molecule has 2 aliphatic heterocycles. The minimum absolute atomic E-state index is 0.119. The molecule has 17 heavy (non-hydrogen) atoms. The van der Waals surface area contributed by atoms with Crippen molar-refractivity contribution >= 4 is 11.9 Å². The van der Waals surface area contributed by atoms with Crippen molar-refractivity contribution in [3.8, 4) is 0 Å². The monoisotopic (exact) mass is 243 g/mol. The lowest BCUT2D eigenvalue weighted by Crippen LogP contribution is -2.65. The third kappa shape index (κ3) is 1.34. The second-order valence-corrected chi connectivity index (χ2v) is 4.87. The molecule has 2 saturated heterocycles. The predicted molar refractivity (Wildman–Crippen MR) is 57.0 cm³/mol. The number of methoxy groups -OCH3 is 1. The Labute approximate surface area is 99.3 Å². The topological polar surface area (TPSA) is 84.9 Å². The summed E-state index contributed by atoms with van der Waals surface area (Å²) in [5, 5.41) is 12.1. The highest BCUT2D eigenvalue weighted by Crippen LogP contribution is 2.48. The minimum Gasteiger partial charge on any atom is -0.467 e. The van der Waals surface area contributed by atoms with Crippen molar-refractivity contribution in [1.82, 2.24) is 5.32 Å². The van der Waals surface area contributed by atoms with E-state index in [1.165, 1.54) is 7.11 Å². The zero-order valence-corrected chi connectivity index (χ0v) is 10.1. The number of aliphatic hydroxyl groups is 1. The molecule has 6 heteroatoms. The van der Waals surface area contributed by atoms with E-state index >= 15 is 0 Å². The van der Waals surface area contributed by atoms with Gasteiger partial charge in [-0.3, -0.25) is 4.79 Å². The Hall–Kier alpha value is -1.14. The summed E-state index contributed by atoms with van der Waals surface area (Å²) >= 11 is 0. The molecule has 0 aromatic carbocycles. The minimum atomic E-state index is -1.49. The molecule has 0 spiro atoms. The lowest BCUT2D eigenvalue weighted by molar-refractivity contribution is -0.167. The Kier molecular flexibility index (Phi) is 2.67. The normalized spacial score (nSPS) is 44.4. The SMILES string of the molecule is COC(=O)[C@]1(CO)NC(=O)[C@@H]2CC(C)O[C@@]21C. The molecule has 0 aromatic heterocycles. The fourth-order valence-electron chi connectivity index (χ4n) is 2.97. The summed E-state index contributed by atoms with van der Waals surface area (Å²) in [6, 6.07) is 0. The Morgan fingerprint density at radius 1 is 1.71 bits per heavy atom. The van der Waals surface area contributed by atoms with Gasteiger partial charge in [-0.15, -0.1) is 0 Å². The van der Waals surface area contributed by atoms with Gasteiger partial charge in [0.25, 0.3) is 0 Å². The van der Waals surface area contributed by atoms with Crippen molar-refractivity contribution in [3.05, 3.63) is 0 Å². The molecule has 96 valence electrons. The lowest BCUT2D eigenvalue weighted by atomic mass is 9.77. The molecule has 4 atom stereocenters. The first-order valence-corrected chi connectivity index (χ1v) is 5.60. The van der Waals surface area contributed by atoms with Crippen molar-refractivity contribution in [1.29, 1.82) is 0 Å². The third-order valence-electron chi connectivity index (χ3n) is 3.95. The Balaban J connectivity index is 2.47. The maximum absolute atomic E-state index is 11.9. The van der Waals surface area contributed by atoms with Crippen LogP contribution in [0.3, 0.4) is 0 Å². The standard InChI is InChI=1S/C11H17NO5/c1-6-4-7-8(14)12-11(5-13,9(15)16-3)10(7,2)17-6/h6-7,13H,4-5H2,1-3H3,(H,12,14)/t6?,7-,10-,11-/m0/s1. The summed E-state index contributed by atoms with van der Waals surface area (Å²) < 4.78 is 10.4. The van der Waals surface area contributed by atoms with Gasteiger partial charge in [-0.05, 0) is 20.3 Å². The molecular weight excluding hydrogens is 226 g/mol. The first-order valence-electron chi connectivity index (χ1n) is 5.60. The van der Waals surface area contributed by atoms with Gasteiger partial charge in [0.15, 0.2) is 5.54 Å². The Bertz CT molecular complexity index is 371. The molecular formula is C11H17NO5.